The highest BCUT2D eigenvalue weighted by atomic mass is 32.2. The molecule has 1 aromatic rings. The molecule has 0 bridgehead atoms. The van der Waals surface area contributed by atoms with Gasteiger partial charge in [-0.2, -0.15) is 5.10 Å². The number of H-pyrrole nitrogens is 1. The average molecular weight is 300 g/mol. The van der Waals surface area contributed by atoms with E-state index in [0.717, 1.165) is 25.7 Å². The van der Waals surface area contributed by atoms with Crippen LogP contribution in [0, 0.1) is 12.8 Å². The van der Waals surface area contributed by atoms with Gasteiger partial charge in [0.15, 0.2) is 5.03 Å². The normalized spacial score (nSPS) is 23.9. The van der Waals surface area contributed by atoms with E-state index in [0.29, 0.717) is 17.2 Å². The molecule has 0 spiro atoms. The maximum atomic E-state index is 12.5. The quantitative estimate of drug-likeness (QED) is 0.765. The highest BCUT2D eigenvalue weighted by molar-refractivity contribution is 7.89. The number of nitrogens with two attached hydrogens (primary N) is 1. The Morgan fingerprint density at radius 2 is 2.10 bits per heavy atom. The Kier molecular flexibility index (Phi) is 4.82. The topological polar surface area (TPSA) is 101 Å². The molecule has 2 atom stereocenters. The lowest BCUT2D eigenvalue weighted by Gasteiger charge is -2.31. The Hall–Kier alpha value is -0.920. The first-order valence-electron chi connectivity index (χ1n) is 7.25. The van der Waals surface area contributed by atoms with Gasteiger partial charge in [0.1, 0.15) is 0 Å². The van der Waals surface area contributed by atoms with Crippen molar-refractivity contribution in [3.63, 3.8) is 0 Å². The summed E-state index contributed by atoms with van der Waals surface area (Å²) < 4.78 is 27.8. The van der Waals surface area contributed by atoms with Crippen molar-refractivity contribution in [3.05, 3.63) is 11.3 Å². The predicted octanol–water partition coefficient (Wildman–Crippen LogP) is 1.42. The number of sulfonamides is 1. The highest BCUT2D eigenvalue weighted by Gasteiger charge is 2.31. The molecule has 1 saturated carbocycles. The van der Waals surface area contributed by atoms with Gasteiger partial charge < -0.3 is 5.73 Å². The van der Waals surface area contributed by atoms with Crippen LogP contribution in [0.1, 0.15) is 50.3 Å². The summed E-state index contributed by atoms with van der Waals surface area (Å²) in [7, 11) is -3.60. The third-order valence-electron chi connectivity index (χ3n) is 4.23. The summed E-state index contributed by atoms with van der Waals surface area (Å²) in [5, 5.41) is 6.68. The summed E-state index contributed by atoms with van der Waals surface area (Å²) in [4.78, 5) is 0. The fourth-order valence-electron chi connectivity index (χ4n) is 3.00. The molecule has 4 N–H and O–H groups in total. The molecular formula is C13H24N4O2S. The molecule has 20 heavy (non-hydrogen) atoms. The molecule has 7 heteroatoms. The van der Waals surface area contributed by atoms with Crippen LogP contribution in [-0.2, 0) is 16.6 Å². The lowest BCUT2D eigenvalue weighted by atomic mass is 9.83. The smallest absolute Gasteiger partial charge is 0.260 e. The summed E-state index contributed by atoms with van der Waals surface area (Å²) in [6, 6.07) is 0.0152. The van der Waals surface area contributed by atoms with E-state index in [1.807, 2.05) is 0 Å². The fourth-order valence-corrected chi connectivity index (χ4v) is 4.55. The van der Waals surface area contributed by atoms with Crippen molar-refractivity contribution in [2.45, 2.75) is 63.6 Å². The van der Waals surface area contributed by atoms with Crippen LogP contribution in [0.2, 0.25) is 0 Å². The van der Waals surface area contributed by atoms with Crippen molar-refractivity contribution in [1.82, 2.24) is 14.9 Å². The third-order valence-corrected chi connectivity index (χ3v) is 5.69. The molecule has 1 aliphatic rings. The van der Waals surface area contributed by atoms with E-state index in [4.69, 9.17) is 5.73 Å². The largest absolute Gasteiger partial charge is 0.326 e. The van der Waals surface area contributed by atoms with Crippen molar-refractivity contribution in [3.8, 4) is 0 Å². The Balaban J connectivity index is 2.22. The molecule has 0 aromatic carbocycles. The van der Waals surface area contributed by atoms with Gasteiger partial charge in [-0.3, -0.25) is 5.10 Å². The lowest BCUT2D eigenvalue weighted by Crippen LogP contribution is -2.42. The van der Waals surface area contributed by atoms with Crippen LogP contribution >= 0.6 is 0 Å². The molecule has 1 aromatic heterocycles. The molecule has 114 valence electrons. The molecule has 1 fully saturated rings. The Morgan fingerprint density at radius 3 is 2.75 bits per heavy atom. The van der Waals surface area contributed by atoms with Gasteiger partial charge >= 0.3 is 0 Å². The van der Waals surface area contributed by atoms with Crippen LogP contribution in [0.25, 0.3) is 0 Å². The Morgan fingerprint density at radius 1 is 1.40 bits per heavy atom. The summed E-state index contributed by atoms with van der Waals surface area (Å²) in [5.41, 5.74) is 6.91. The van der Waals surface area contributed by atoms with Gasteiger partial charge in [-0.05, 0) is 25.7 Å². The number of aromatic nitrogens is 2. The van der Waals surface area contributed by atoms with Gasteiger partial charge in [-0.25, -0.2) is 13.1 Å². The minimum absolute atomic E-state index is 0.0152. The van der Waals surface area contributed by atoms with E-state index in [1.54, 1.807) is 6.92 Å². The van der Waals surface area contributed by atoms with E-state index in [-0.39, 0.29) is 17.6 Å². The van der Waals surface area contributed by atoms with Crippen molar-refractivity contribution in [2.75, 3.05) is 0 Å². The number of nitrogens with one attached hydrogen (secondary N) is 2. The molecule has 0 amide bonds. The first-order valence-corrected chi connectivity index (χ1v) is 8.74. The van der Waals surface area contributed by atoms with Gasteiger partial charge in [0, 0.05) is 23.8 Å². The summed E-state index contributed by atoms with van der Waals surface area (Å²) in [5.74, 6) is 0.417. The molecule has 0 aliphatic heterocycles. The van der Waals surface area contributed by atoms with E-state index in [1.165, 1.54) is 6.42 Å². The highest BCUT2D eigenvalue weighted by Crippen LogP contribution is 2.28. The van der Waals surface area contributed by atoms with Gasteiger partial charge in [-0.15, -0.1) is 0 Å². The van der Waals surface area contributed by atoms with Crippen LogP contribution in [0.3, 0.4) is 0 Å². The van der Waals surface area contributed by atoms with Gasteiger partial charge in [0.25, 0.3) is 10.0 Å². The second-order valence-corrected chi connectivity index (χ2v) is 7.15. The van der Waals surface area contributed by atoms with E-state index in [9.17, 15) is 8.42 Å². The average Bonchev–Trinajstić information content (AvgIpc) is 2.81. The van der Waals surface area contributed by atoms with E-state index >= 15 is 0 Å². The van der Waals surface area contributed by atoms with Crippen LogP contribution < -0.4 is 10.5 Å². The lowest BCUT2D eigenvalue weighted by molar-refractivity contribution is 0.282. The van der Waals surface area contributed by atoms with Crippen LogP contribution in [0.5, 0.6) is 0 Å². The zero-order valence-corrected chi connectivity index (χ0v) is 13.0. The number of aromatic amines is 1. The molecule has 1 heterocycles. The molecule has 2 rings (SSSR count). The van der Waals surface area contributed by atoms with Crippen molar-refractivity contribution in [1.29, 1.82) is 0 Å². The third kappa shape index (κ3) is 3.05. The number of hydrogen-bond acceptors (Lipinski definition) is 4. The summed E-state index contributed by atoms with van der Waals surface area (Å²) in [6.07, 6.45) is 5.25. The van der Waals surface area contributed by atoms with Crippen LogP contribution in [0.15, 0.2) is 5.03 Å². The maximum Gasteiger partial charge on any atom is 0.260 e. The van der Waals surface area contributed by atoms with Crippen LogP contribution in [-0.4, -0.2) is 24.7 Å². The van der Waals surface area contributed by atoms with Gasteiger partial charge in [0.2, 0.25) is 0 Å². The first kappa shape index (κ1) is 15.5. The predicted molar refractivity (Wildman–Crippen MR) is 77.6 cm³/mol. The minimum Gasteiger partial charge on any atom is -0.326 e. The zero-order valence-electron chi connectivity index (χ0n) is 12.1. The summed E-state index contributed by atoms with van der Waals surface area (Å²) >= 11 is 0. The van der Waals surface area contributed by atoms with Crippen LogP contribution in [0.4, 0.5) is 0 Å². The monoisotopic (exact) mass is 300 g/mol. The number of nitrogens with zero attached hydrogens (tertiary/aromatic N) is 1. The molecule has 2 unspecified atom stereocenters. The zero-order chi connectivity index (χ0) is 14.8. The van der Waals surface area contributed by atoms with Crippen molar-refractivity contribution >= 4 is 10.0 Å². The maximum absolute atomic E-state index is 12.5. The molecule has 0 saturated heterocycles. The van der Waals surface area contributed by atoms with Crippen molar-refractivity contribution < 1.29 is 8.42 Å². The fraction of sp³-hybridized carbons (Fsp3) is 0.769. The standard InChI is InChI=1S/C13H24N4O2S/c1-3-10-6-4-5-7-12(10)17-20(18,19)13-11(8-14)9(2)15-16-13/h10,12,17H,3-8,14H2,1-2H3,(H,15,16). The Labute approximate surface area is 120 Å². The first-order chi connectivity index (χ1) is 9.49. The molecule has 1 aliphatic carbocycles. The number of hydrogen-bond donors (Lipinski definition) is 3. The van der Waals surface area contributed by atoms with Crippen molar-refractivity contribution in [2.24, 2.45) is 11.7 Å². The Bertz CT molecular complexity index is 553. The molecular weight excluding hydrogens is 276 g/mol. The van der Waals surface area contributed by atoms with E-state index in [2.05, 4.69) is 21.8 Å². The second kappa shape index (κ2) is 6.24. The van der Waals surface area contributed by atoms with E-state index < -0.39 is 10.0 Å². The van der Waals surface area contributed by atoms with Gasteiger partial charge in [0.05, 0.1) is 0 Å². The van der Waals surface area contributed by atoms with Gasteiger partial charge in [-0.1, -0.05) is 26.2 Å². The molecule has 0 radical (unpaired) electrons. The summed E-state index contributed by atoms with van der Waals surface area (Å²) in [6.45, 7) is 4.06. The minimum atomic E-state index is -3.60. The SMILES string of the molecule is CCC1CCCCC1NS(=O)(=O)c1n[nH]c(C)c1CN. The number of aryl methyl sites for hydroxylation is 1. The second-order valence-electron chi connectivity index (χ2n) is 5.52. The number of rotatable bonds is 5. The molecule has 6 nitrogen and oxygen atoms in total.